The molecule has 0 radical (unpaired) electrons. The van der Waals surface area contributed by atoms with Gasteiger partial charge in [-0.15, -0.1) is 0 Å². The zero-order valence-corrected chi connectivity index (χ0v) is 69.1. The first-order chi connectivity index (χ1) is 49.7. The van der Waals surface area contributed by atoms with Gasteiger partial charge in [0, 0.05) is 38.9 Å². The van der Waals surface area contributed by atoms with Gasteiger partial charge >= 0.3 is 0 Å². The third kappa shape index (κ3) is 36.5. The minimum Gasteiger partial charge on any atom is -0.494 e. The first kappa shape index (κ1) is 95.3. The highest BCUT2D eigenvalue weighted by Crippen LogP contribution is 2.37. The molecule has 0 bridgehead atoms. The van der Waals surface area contributed by atoms with Gasteiger partial charge in [-0.2, -0.15) is 0 Å². The molecule has 0 spiro atoms. The lowest BCUT2D eigenvalue weighted by Crippen LogP contribution is -2.00. The molecular weight excluding hydrogens is 1480 g/mol. The summed E-state index contributed by atoms with van der Waals surface area (Å²) in [5.74, 6) is 6.63. The largest absolute Gasteiger partial charge is 0.494 e. The highest BCUT2D eigenvalue weighted by atomic mass is 35.5. The Kier molecular flexibility index (Phi) is 49.0. The second-order valence-corrected chi connectivity index (χ2v) is 25.8. The first-order valence-corrected chi connectivity index (χ1v) is 36.9. The van der Waals surface area contributed by atoms with Crippen molar-refractivity contribution in [3.8, 4) is 46.0 Å². The predicted molar refractivity (Wildman–Crippen MR) is 452 cm³/mol. The van der Waals surface area contributed by atoms with Crippen molar-refractivity contribution in [2.24, 2.45) is 0 Å². The third-order valence-electron chi connectivity index (χ3n) is 14.3. The Morgan fingerprint density at radius 3 is 1.28 bits per heavy atom. The highest BCUT2D eigenvalue weighted by Gasteiger charge is 2.11. The highest BCUT2D eigenvalue weighted by molar-refractivity contribution is 6.44. The van der Waals surface area contributed by atoms with E-state index < -0.39 is 0 Å². The number of carbonyl (C=O) groups is 1. The van der Waals surface area contributed by atoms with Crippen LogP contribution in [0.25, 0.3) is 6.08 Å². The maximum absolute atomic E-state index is 12.0. The van der Waals surface area contributed by atoms with Crippen molar-refractivity contribution >= 4 is 105 Å². The van der Waals surface area contributed by atoms with Crippen LogP contribution in [0, 0.1) is 62.3 Å². The van der Waals surface area contributed by atoms with Crippen LogP contribution >= 0.6 is 92.8 Å². The average Bonchev–Trinajstić information content (AvgIpc) is 0.843. The first-order valence-electron chi connectivity index (χ1n) is 33.9. The lowest BCUT2D eigenvalue weighted by atomic mass is 10.0. The number of ketones is 1. The molecule has 0 aliphatic rings. The fraction of sp³-hybridized carbons (Fsp3) is 0.284. The van der Waals surface area contributed by atoms with Gasteiger partial charge in [-0.3, -0.25) is 4.79 Å². The lowest BCUT2D eigenvalue weighted by Gasteiger charge is -2.10. The molecule has 566 valence electrons. The molecule has 0 amide bonds. The van der Waals surface area contributed by atoms with Gasteiger partial charge in [-0.25, -0.2) is 0 Å². The number of benzene rings is 10. The Morgan fingerprint density at radius 1 is 0.333 bits per heavy atom. The molecule has 0 unspecified atom stereocenters. The smallest absolute Gasteiger partial charge is 0.193 e. The molecule has 0 fully saturated rings. The molecule has 0 atom stereocenters. The second kappa shape index (κ2) is 54.0. The second-order valence-electron chi connectivity index (χ2n) is 22.6. The van der Waals surface area contributed by atoms with Crippen LogP contribution in [0.3, 0.4) is 0 Å². The number of hydrogen-bond acceptors (Lipinski definition) is 9. The van der Waals surface area contributed by atoms with Crippen molar-refractivity contribution < 1.29 is 42.7 Å². The fourth-order valence-electron chi connectivity index (χ4n) is 8.73. The molecule has 0 aromatic heterocycles. The standard InChI is InChI=1S/C14H12O.3C10H14O.C9H8Cl2.C9H11ClO2.C9H12O.C8H7Cl3O.C8H8Cl2O.CH4/c1-11-7-9-13(10-8-11)14(15)12-5-3-2-4-6-12;2*1-4-11-10-7-8(2)5-6-9(10)3;1-4-11-10-7-5-6-8(2)9(10)3;1-2-4-7-8(10)5-3-6-9(7)11;1-6-4-5-7(11-2)9(12-3)8(6)10;1-3-10-9-6-4-5-8(2)7-9;1-2-12-8-4-6(10)5(9)3-7(8)11;1-2-11-6-3-4-7(9)8(10)5-6;/h2-10H,1H3;3*5-7H,4H2,1-3H3;2-6H,1H3;4-5H,1-3H3;4-7H,3H2,1-2H3;3-4H,2H2,1H3;3-5H,2H2,1H3;1H4/b;;;;4-2+;;;;;. The summed E-state index contributed by atoms with van der Waals surface area (Å²) in [4.78, 5) is 12.0. The summed E-state index contributed by atoms with van der Waals surface area (Å²) in [7, 11) is 3.16. The normalized spacial score (nSPS) is 9.77. The van der Waals surface area contributed by atoms with Crippen LogP contribution in [0.15, 0.2) is 200 Å². The van der Waals surface area contributed by atoms with Gasteiger partial charge in [0.05, 0.1) is 84.0 Å². The summed E-state index contributed by atoms with van der Waals surface area (Å²) in [5, 5.41) is 4.43. The molecule has 10 aromatic carbocycles. The van der Waals surface area contributed by atoms with E-state index in [1.54, 1.807) is 44.6 Å². The molecule has 0 saturated carbocycles. The van der Waals surface area contributed by atoms with Gasteiger partial charge in [0.1, 0.15) is 34.5 Å². The quantitative estimate of drug-likeness (QED) is 0.0653. The molecule has 0 heterocycles. The zero-order valence-electron chi connectivity index (χ0n) is 63.1. The number of ether oxygens (including phenoxy) is 8. The molecule has 9 nitrogen and oxygen atoms in total. The minimum absolute atomic E-state index is 0. The summed E-state index contributed by atoms with van der Waals surface area (Å²) in [6.45, 7) is 36.3. The molecule has 0 aliphatic heterocycles. The topological polar surface area (TPSA) is 90.9 Å². The van der Waals surface area contributed by atoms with Crippen LogP contribution in [0.2, 0.25) is 40.2 Å². The van der Waals surface area contributed by atoms with Crippen LogP contribution in [0.1, 0.15) is 127 Å². The van der Waals surface area contributed by atoms with E-state index in [0.717, 1.165) is 77.4 Å². The number of aryl methyl sites for hydroxylation is 8. The lowest BCUT2D eigenvalue weighted by molar-refractivity contribution is 0.103. The van der Waals surface area contributed by atoms with Crippen LogP contribution in [0.5, 0.6) is 46.0 Å². The van der Waals surface area contributed by atoms with E-state index in [1.165, 1.54) is 44.5 Å². The van der Waals surface area contributed by atoms with E-state index in [0.29, 0.717) is 70.6 Å². The maximum atomic E-state index is 12.0. The summed E-state index contributed by atoms with van der Waals surface area (Å²) in [6, 6.07) is 61.2. The van der Waals surface area contributed by atoms with Crippen LogP contribution < -0.4 is 37.9 Å². The van der Waals surface area contributed by atoms with E-state index in [9.17, 15) is 4.79 Å². The Bertz CT molecular complexity index is 4080. The SMILES string of the molecule is C.C/C=C/c1c(Cl)cccc1Cl.CCOc1cc(C)ccc1C.CCOc1cc(C)ccc1C.CCOc1cc(Cl)c(Cl)cc1Cl.CCOc1ccc(Cl)c(Cl)c1.CCOc1cccc(C)c1.CCOc1cccc(C)c1C.COc1ccc(C)c(Cl)c1OC.Cc1ccc(C(=O)c2ccccc2)cc1. The number of hydrogen-bond donors (Lipinski definition) is 0. The number of carbonyl (C=O) groups excluding carboxylic acids is 1. The molecular formula is C88H104Cl8O9. The van der Waals surface area contributed by atoms with Gasteiger partial charge in [-0.05, 0) is 222 Å². The van der Waals surface area contributed by atoms with Crippen molar-refractivity contribution in [2.45, 2.75) is 118 Å². The monoisotopic (exact) mass is 1580 g/mol. The predicted octanol–water partition coefficient (Wildman–Crippen LogP) is 28.5. The number of methoxy groups -OCH3 is 2. The molecule has 0 aliphatic carbocycles. The number of rotatable bonds is 17. The van der Waals surface area contributed by atoms with E-state index in [4.69, 9.17) is 131 Å². The summed E-state index contributed by atoms with van der Waals surface area (Å²) in [5.41, 5.74) is 13.2. The van der Waals surface area contributed by atoms with E-state index >= 15 is 0 Å². The fourth-order valence-corrected chi connectivity index (χ4v) is 10.4. The van der Waals surface area contributed by atoms with E-state index in [1.807, 2.05) is 190 Å². The van der Waals surface area contributed by atoms with Gasteiger partial charge in [0.15, 0.2) is 17.3 Å². The average molecular weight is 1590 g/mol. The Morgan fingerprint density at radius 2 is 0.781 bits per heavy atom. The number of allylic oxidation sites excluding steroid dienone is 1. The van der Waals surface area contributed by atoms with Crippen LogP contribution in [-0.2, 0) is 0 Å². The Labute approximate surface area is 667 Å². The summed E-state index contributed by atoms with van der Waals surface area (Å²) < 4.78 is 42.1. The summed E-state index contributed by atoms with van der Waals surface area (Å²) >= 11 is 46.4. The van der Waals surface area contributed by atoms with Crippen molar-refractivity contribution in [2.75, 3.05) is 53.9 Å². The molecule has 10 rings (SSSR count). The van der Waals surface area contributed by atoms with Crippen molar-refractivity contribution in [1.29, 1.82) is 0 Å². The molecule has 0 saturated heterocycles. The Hall–Kier alpha value is -7.67. The Balaban J connectivity index is 0.000000591. The van der Waals surface area contributed by atoms with Crippen LogP contribution in [0.4, 0.5) is 0 Å². The van der Waals surface area contributed by atoms with Gasteiger partial charge in [0.2, 0.25) is 0 Å². The van der Waals surface area contributed by atoms with Crippen molar-refractivity contribution in [3.63, 3.8) is 0 Å². The van der Waals surface area contributed by atoms with Crippen molar-refractivity contribution in [3.05, 3.63) is 307 Å². The van der Waals surface area contributed by atoms with Gasteiger partial charge in [0.25, 0.3) is 0 Å². The molecule has 10 aromatic rings. The van der Waals surface area contributed by atoms with E-state index in [2.05, 4.69) is 97.0 Å². The molecule has 17 heteroatoms. The molecule has 0 N–H and O–H groups in total. The summed E-state index contributed by atoms with van der Waals surface area (Å²) in [6.07, 6.45) is 3.80. The molecule has 105 heavy (non-hydrogen) atoms. The van der Waals surface area contributed by atoms with Crippen LogP contribution in [-0.4, -0.2) is 59.6 Å². The number of halogens is 8. The van der Waals surface area contributed by atoms with E-state index in [-0.39, 0.29) is 13.2 Å². The minimum atomic E-state index is 0. The third-order valence-corrected chi connectivity index (χ3v) is 17.2. The van der Waals surface area contributed by atoms with Crippen molar-refractivity contribution in [1.82, 2.24) is 0 Å². The van der Waals surface area contributed by atoms with Gasteiger partial charge < -0.3 is 37.9 Å². The van der Waals surface area contributed by atoms with Gasteiger partial charge in [-0.1, -0.05) is 233 Å². The zero-order chi connectivity index (χ0) is 77.7. The maximum Gasteiger partial charge on any atom is 0.193 e.